The lowest BCUT2D eigenvalue weighted by atomic mass is 9.85. The van der Waals surface area contributed by atoms with E-state index >= 15 is 0 Å². The Labute approximate surface area is 318 Å². The molecule has 0 radical (unpaired) electrons. The molecule has 0 fully saturated rings. The van der Waals surface area contributed by atoms with E-state index in [4.69, 9.17) is 20.4 Å². The zero-order chi connectivity index (χ0) is 36.5. The van der Waals surface area contributed by atoms with Crippen molar-refractivity contribution in [2.45, 2.75) is 44.4 Å². The molecule has 8 rings (SSSR count). The minimum Gasteiger partial charge on any atom is -0.286 e. The van der Waals surface area contributed by atoms with Gasteiger partial charge in [-0.1, -0.05) is 127 Å². The van der Waals surface area contributed by atoms with Crippen LogP contribution in [-0.4, -0.2) is 28.6 Å². The second-order valence-corrected chi connectivity index (χ2v) is 14.0. The van der Waals surface area contributed by atoms with Crippen molar-refractivity contribution in [2.75, 3.05) is 0 Å². The average molecular weight is 702 g/mol. The molecule has 1 aliphatic heterocycles. The van der Waals surface area contributed by atoms with E-state index in [-0.39, 0.29) is 11.8 Å². The number of nitrogens with zero attached hydrogens (tertiary/aromatic N) is 4. The van der Waals surface area contributed by atoms with Crippen molar-refractivity contribution >= 4 is 29.3 Å². The van der Waals surface area contributed by atoms with Crippen LogP contribution in [0.15, 0.2) is 190 Å². The molecule has 5 nitrogen and oxygen atoms in total. The number of rotatable bonds is 8. The molecular formula is C49H43N5. The number of amidine groups is 2. The summed E-state index contributed by atoms with van der Waals surface area (Å²) in [4.78, 5) is 19.5. The first-order chi connectivity index (χ1) is 26.7. The predicted octanol–water partition coefficient (Wildman–Crippen LogP) is 11.9. The van der Waals surface area contributed by atoms with E-state index in [1.165, 1.54) is 16.8 Å². The molecule has 0 spiro atoms. The van der Waals surface area contributed by atoms with Gasteiger partial charge in [-0.15, -0.1) is 0 Å². The Hall–Kier alpha value is -6.33. The normalized spacial score (nSPS) is 19.7. The summed E-state index contributed by atoms with van der Waals surface area (Å²) in [5.41, 5.74) is 12.0. The van der Waals surface area contributed by atoms with Gasteiger partial charge in [-0.2, -0.15) is 0 Å². The molecular weight excluding hydrogens is 659 g/mol. The zero-order valence-electron chi connectivity index (χ0n) is 30.4. The van der Waals surface area contributed by atoms with Crippen molar-refractivity contribution in [3.8, 4) is 22.3 Å². The summed E-state index contributed by atoms with van der Waals surface area (Å²) < 4.78 is 0. The molecule has 1 N–H and O–H groups in total. The van der Waals surface area contributed by atoms with Crippen LogP contribution in [0.4, 0.5) is 0 Å². The molecule has 2 atom stereocenters. The van der Waals surface area contributed by atoms with Crippen molar-refractivity contribution in [1.29, 1.82) is 5.41 Å². The summed E-state index contributed by atoms with van der Waals surface area (Å²) in [6.07, 6.45) is 34.9. The summed E-state index contributed by atoms with van der Waals surface area (Å²) in [7, 11) is 0. The van der Waals surface area contributed by atoms with Crippen LogP contribution >= 0.6 is 0 Å². The van der Waals surface area contributed by atoms with Crippen LogP contribution < -0.4 is 0 Å². The molecule has 264 valence electrons. The summed E-state index contributed by atoms with van der Waals surface area (Å²) in [6.45, 7) is 0. The number of aromatic nitrogens is 1. The third-order valence-corrected chi connectivity index (χ3v) is 10.3. The second kappa shape index (κ2) is 16.6. The molecule has 54 heavy (non-hydrogen) atoms. The minimum atomic E-state index is -0.0878. The number of allylic oxidation sites excluding steroid dienone is 12. The first-order valence-electron chi connectivity index (χ1n) is 18.9. The zero-order valence-corrected chi connectivity index (χ0v) is 30.4. The van der Waals surface area contributed by atoms with Crippen LogP contribution in [0.5, 0.6) is 0 Å². The molecule has 4 aliphatic rings. The SMILES string of the molecule is N=C(/N=C(\N=C\C1=CCCC=C1)c1cc(-c2ccc(C3C=C(c4ccccc4)N=C(C4=CC=CCC4)C3)cc2)cc(-c2cccnc2)c1)C1C=CC=CC1. The van der Waals surface area contributed by atoms with Gasteiger partial charge in [-0.25, -0.2) is 9.98 Å². The lowest BCUT2D eigenvalue weighted by Gasteiger charge is -2.24. The number of hydrogen-bond donors (Lipinski definition) is 1. The molecule has 5 heteroatoms. The van der Waals surface area contributed by atoms with Gasteiger partial charge in [0.2, 0.25) is 0 Å². The van der Waals surface area contributed by atoms with Crippen LogP contribution in [0, 0.1) is 11.3 Å². The van der Waals surface area contributed by atoms with Gasteiger partial charge in [0.1, 0.15) is 5.84 Å². The van der Waals surface area contributed by atoms with Crippen molar-refractivity contribution in [3.63, 3.8) is 0 Å². The molecule has 3 aliphatic carbocycles. The number of pyridine rings is 1. The Morgan fingerprint density at radius 3 is 2.37 bits per heavy atom. The molecule has 0 bridgehead atoms. The summed E-state index contributed by atoms with van der Waals surface area (Å²) in [6, 6.07) is 30.0. The van der Waals surface area contributed by atoms with Gasteiger partial charge >= 0.3 is 0 Å². The van der Waals surface area contributed by atoms with Crippen LogP contribution in [-0.2, 0) is 0 Å². The second-order valence-electron chi connectivity index (χ2n) is 14.0. The Morgan fingerprint density at radius 1 is 0.778 bits per heavy atom. The van der Waals surface area contributed by atoms with Crippen LogP contribution in [0.25, 0.3) is 28.0 Å². The summed E-state index contributed by atoms with van der Waals surface area (Å²) >= 11 is 0. The maximum atomic E-state index is 8.99. The largest absolute Gasteiger partial charge is 0.286 e. The van der Waals surface area contributed by atoms with Gasteiger partial charge in [-0.05, 0) is 95.3 Å². The summed E-state index contributed by atoms with van der Waals surface area (Å²) in [5, 5.41) is 8.99. The average Bonchev–Trinajstić information content (AvgIpc) is 3.26. The van der Waals surface area contributed by atoms with Crippen molar-refractivity contribution in [2.24, 2.45) is 20.9 Å². The van der Waals surface area contributed by atoms with Crippen LogP contribution in [0.2, 0.25) is 0 Å². The lowest BCUT2D eigenvalue weighted by Crippen LogP contribution is -2.14. The Balaban J connectivity index is 1.17. The van der Waals surface area contributed by atoms with Gasteiger partial charge < -0.3 is 0 Å². The minimum absolute atomic E-state index is 0.0878. The van der Waals surface area contributed by atoms with Gasteiger partial charge in [-0.3, -0.25) is 15.4 Å². The van der Waals surface area contributed by atoms with Crippen molar-refractivity contribution in [3.05, 3.63) is 192 Å². The molecule has 4 aromatic rings. The molecule has 0 saturated heterocycles. The highest BCUT2D eigenvalue weighted by atomic mass is 15.0. The predicted molar refractivity (Wildman–Crippen MR) is 226 cm³/mol. The van der Waals surface area contributed by atoms with E-state index in [9.17, 15) is 0 Å². The highest BCUT2D eigenvalue weighted by Crippen LogP contribution is 2.36. The van der Waals surface area contributed by atoms with Crippen molar-refractivity contribution < 1.29 is 0 Å². The van der Waals surface area contributed by atoms with E-state index < -0.39 is 0 Å². The van der Waals surface area contributed by atoms with E-state index in [0.717, 1.165) is 83.2 Å². The Bertz CT molecular complexity index is 2330. The van der Waals surface area contributed by atoms with E-state index in [2.05, 4.69) is 132 Å². The lowest BCUT2D eigenvalue weighted by molar-refractivity contribution is 0.852. The fourth-order valence-electron chi connectivity index (χ4n) is 7.28. The molecule has 2 heterocycles. The smallest absolute Gasteiger partial charge is 0.161 e. The first-order valence-corrected chi connectivity index (χ1v) is 18.9. The number of benzene rings is 3. The maximum absolute atomic E-state index is 8.99. The number of hydrogen-bond acceptors (Lipinski definition) is 3. The first kappa shape index (κ1) is 34.7. The highest BCUT2D eigenvalue weighted by molar-refractivity contribution is 6.12. The van der Waals surface area contributed by atoms with Crippen molar-refractivity contribution in [1.82, 2.24) is 4.98 Å². The third kappa shape index (κ3) is 8.32. The summed E-state index contributed by atoms with van der Waals surface area (Å²) in [5.74, 6) is 0.935. The van der Waals surface area contributed by atoms with E-state index in [0.29, 0.717) is 11.7 Å². The van der Waals surface area contributed by atoms with E-state index in [1.54, 1.807) is 6.20 Å². The van der Waals surface area contributed by atoms with Gasteiger partial charge in [0.25, 0.3) is 0 Å². The number of aliphatic imine (C=N–C) groups is 3. The molecule has 3 aromatic carbocycles. The van der Waals surface area contributed by atoms with Gasteiger partial charge in [0, 0.05) is 53.7 Å². The van der Waals surface area contributed by atoms with Gasteiger partial charge in [0.15, 0.2) is 5.84 Å². The Morgan fingerprint density at radius 2 is 1.63 bits per heavy atom. The van der Waals surface area contributed by atoms with Gasteiger partial charge in [0.05, 0.1) is 5.70 Å². The third-order valence-electron chi connectivity index (χ3n) is 10.3. The topological polar surface area (TPSA) is 73.8 Å². The fraction of sp³-hybridized carbons (Fsp3) is 0.163. The van der Waals surface area contributed by atoms with Crippen LogP contribution in [0.1, 0.15) is 61.1 Å². The number of nitrogens with one attached hydrogen (secondary N) is 1. The quantitative estimate of drug-likeness (QED) is 0.144. The molecule has 0 amide bonds. The molecule has 0 saturated carbocycles. The maximum Gasteiger partial charge on any atom is 0.161 e. The fourth-order valence-corrected chi connectivity index (χ4v) is 7.28. The highest BCUT2D eigenvalue weighted by Gasteiger charge is 2.22. The Kier molecular flexibility index (Phi) is 10.7. The monoisotopic (exact) mass is 701 g/mol. The molecule has 2 unspecified atom stereocenters. The standard InChI is InChI=1S/C49H43N5/c50-48(40-20-11-4-12-21-40)54-49(52-33-35-14-5-1-6-15-35)45-29-42(28-43(30-45)41-22-13-27-51-34-41)36-23-25-37(26-24-36)44-31-46(38-16-7-2-8-17-38)53-47(32-44)39-18-9-3-10-19-39/h2-5,7-9,11-18,20,22-31,33-34,40,44,50H,1,6,10,19,21,32H2/b50-48?,52-33+,54-49-. The van der Waals surface area contributed by atoms with Crippen LogP contribution in [0.3, 0.4) is 0 Å². The molecule has 1 aromatic heterocycles. The van der Waals surface area contributed by atoms with E-state index in [1.807, 2.05) is 36.7 Å².